The van der Waals surface area contributed by atoms with Crippen LogP contribution in [-0.4, -0.2) is 15.8 Å². The summed E-state index contributed by atoms with van der Waals surface area (Å²) in [5, 5.41) is 0.579. The number of benzene rings is 2. The molecule has 6 heteroatoms. The molecular formula is C27H22ClFN2O2. The summed E-state index contributed by atoms with van der Waals surface area (Å²) in [4.78, 5) is 20.1. The highest BCUT2D eigenvalue weighted by Gasteiger charge is 2.09. The van der Waals surface area contributed by atoms with E-state index in [1.54, 1.807) is 24.5 Å². The Hall–Kier alpha value is -3.57. The van der Waals surface area contributed by atoms with Crippen LogP contribution in [0.5, 0.6) is 5.75 Å². The van der Waals surface area contributed by atoms with Gasteiger partial charge in [-0.2, -0.15) is 4.39 Å². The fourth-order valence-electron chi connectivity index (χ4n) is 3.49. The topological polar surface area (TPSA) is 52.1 Å². The Morgan fingerprint density at radius 1 is 0.970 bits per heavy atom. The molecular weight excluding hydrogens is 439 g/mol. The molecule has 4 aromatic rings. The summed E-state index contributed by atoms with van der Waals surface area (Å²) in [6, 6.07) is 19.9. The molecule has 0 aliphatic carbocycles. The number of carbonyl (C=O) groups excluding carboxylic acids is 1. The van der Waals surface area contributed by atoms with E-state index in [0.29, 0.717) is 36.6 Å². The smallest absolute Gasteiger partial charge is 0.212 e. The van der Waals surface area contributed by atoms with Crippen molar-refractivity contribution in [3.05, 3.63) is 113 Å². The van der Waals surface area contributed by atoms with Gasteiger partial charge in [0.2, 0.25) is 5.95 Å². The molecule has 2 heterocycles. The lowest BCUT2D eigenvalue weighted by molar-refractivity contribution is -0.118. The average Bonchev–Trinajstić information content (AvgIpc) is 2.84. The Morgan fingerprint density at radius 2 is 1.82 bits per heavy atom. The van der Waals surface area contributed by atoms with Crippen molar-refractivity contribution in [1.29, 1.82) is 0 Å². The Kier molecular flexibility index (Phi) is 7.43. The van der Waals surface area contributed by atoms with E-state index in [2.05, 4.69) is 9.97 Å². The largest absolute Gasteiger partial charge is 0.489 e. The van der Waals surface area contributed by atoms with Crippen LogP contribution >= 0.6 is 11.6 Å². The van der Waals surface area contributed by atoms with E-state index in [9.17, 15) is 9.18 Å². The van der Waals surface area contributed by atoms with Crippen molar-refractivity contribution in [1.82, 2.24) is 9.97 Å². The van der Waals surface area contributed by atoms with Gasteiger partial charge in [-0.15, -0.1) is 0 Å². The van der Waals surface area contributed by atoms with Crippen molar-refractivity contribution in [3.63, 3.8) is 0 Å². The van der Waals surface area contributed by atoms with E-state index < -0.39 is 5.95 Å². The highest BCUT2D eigenvalue weighted by Crippen LogP contribution is 2.28. The SMILES string of the molecule is O=C(CCc1cccnc1)Cc1ccc(OCc2ccc(Cl)cc2-c2ccc(F)nc2)cc1. The van der Waals surface area contributed by atoms with Crippen molar-refractivity contribution >= 4 is 17.4 Å². The molecule has 4 nitrogen and oxygen atoms in total. The highest BCUT2D eigenvalue weighted by molar-refractivity contribution is 6.30. The number of ether oxygens (including phenoxy) is 1. The molecule has 0 unspecified atom stereocenters. The maximum Gasteiger partial charge on any atom is 0.212 e. The van der Waals surface area contributed by atoms with E-state index in [4.69, 9.17) is 16.3 Å². The first kappa shape index (κ1) is 22.6. The van der Waals surface area contributed by atoms with Crippen LogP contribution in [0.25, 0.3) is 11.1 Å². The van der Waals surface area contributed by atoms with Crippen molar-refractivity contribution < 1.29 is 13.9 Å². The quantitative estimate of drug-likeness (QED) is 0.277. The summed E-state index contributed by atoms with van der Waals surface area (Å²) in [6.45, 7) is 0.313. The fraction of sp³-hybridized carbons (Fsp3) is 0.148. The van der Waals surface area contributed by atoms with Gasteiger partial charge in [0.05, 0.1) is 0 Å². The number of aromatic nitrogens is 2. The normalized spacial score (nSPS) is 10.7. The van der Waals surface area contributed by atoms with E-state index in [-0.39, 0.29) is 5.78 Å². The van der Waals surface area contributed by atoms with Gasteiger partial charge in [0.25, 0.3) is 0 Å². The molecule has 0 atom stereocenters. The number of halogens is 2. The maximum absolute atomic E-state index is 13.2. The lowest BCUT2D eigenvalue weighted by atomic mass is 10.0. The standard InChI is InChI=1S/C27H22ClFN2O2/c28-23-8-6-22(26(15-23)21-7-12-27(29)31-17-21)18-33-25-10-4-19(5-11-25)14-24(32)9-3-20-2-1-13-30-16-20/h1-2,4-8,10-13,15-17H,3,9,14,18H2. The van der Waals surface area contributed by atoms with Gasteiger partial charge in [-0.05, 0) is 71.1 Å². The van der Waals surface area contributed by atoms with Crippen LogP contribution in [-0.2, 0) is 24.2 Å². The van der Waals surface area contributed by atoms with E-state index in [1.807, 2.05) is 48.5 Å². The van der Waals surface area contributed by atoms with Gasteiger partial charge in [-0.1, -0.05) is 35.9 Å². The van der Waals surface area contributed by atoms with Crippen molar-refractivity contribution in [2.45, 2.75) is 25.9 Å². The Labute approximate surface area is 197 Å². The summed E-state index contributed by atoms with van der Waals surface area (Å²) in [5.41, 5.74) is 4.52. The Bertz CT molecular complexity index is 1210. The molecule has 0 fully saturated rings. The van der Waals surface area contributed by atoms with Gasteiger partial charge in [0, 0.05) is 42.0 Å². The monoisotopic (exact) mass is 460 g/mol. The van der Waals surface area contributed by atoms with Gasteiger partial charge >= 0.3 is 0 Å². The van der Waals surface area contributed by atoms with Crippen LogP contribution in [0.3, 0.4) is 0 Å². The molecule has 166 valence electrons. The van der Waals surface area contributed by atoms with Crippen molar-refractivity contribution in [2.24, 2.45) is 0 Å². The molecule has 4 rings (SSSR count). The van der Waals surface area contributed by atoms with Gasteiger partial charge in [-0.25, -0.2) is 4.98 Å². The predicted molar refractivity (Wildman–Crippen MR) is 127 cm³/mol. The minimum absolute atomic E-state index is 0.186. The molecule has 0 aliphatic rings. The first-order valence-corrected chi connectivity index (χ1v) is 11.0. The third kappa shape index (κ3) is 6.46. The van der Waals surface area contributed by atoms with Gasteiger partial charge < -0.3 is 4.74 Å². The highest BCUT2D eigenvalue weighted by atomic mass is 35.5. The molecule has 2 aromatic carbocycles. The van der Waals surface area contributed by atoms with Crippen molar-refractivity contribution in [3.8, 4) is 16.9 Å². The molecule has 0 aliphatic heterocycles. The number of hydrogen-bond acceptors (Lipinski definition) is 4. The van der Waals surface area contributed by atoms with E-state index >= 15 is 0 Å². The molecule has 33 heavy (non-hydrogen) atoms. The van der Waals surface area contributed by atoms with Crippen LogP contribution < -0.4 is 4.74 Å². The second-order valence-corrected chi connectivity index (χ2v) is 8.12. The van der Waals surface area contributed by atoms with Crippen LogP contribution in [0.15, 0.2) is 85.3 Å². The molecule has 0 N–H and O–H groups in total. The zero-order valence-electron chi connectivity index (χ0n) is 17.9. The molecule has 0 amide bonds. The molecule has 0 spiro atoms. The maximum atomic E-state index is 13.2. The Morgan fingerprint density at radius 3 is 2.55 bits per heavy atom. The van der Waals surface area contributed by atoms with Gasteiger partial charge in [-0.3, -0.25) is 9.78 Å². The first-order valence-electron chi connectivity index (χ1n) is 10.6. The minimum atomic E-state index is -0.533. The third-order valence-corrected chi connectivity index (χ3v) is 5.48. The number of ketones is 1. The van der Waals surface area contributed by atoms with Crippen LogP contribution in [0, 0.1) is 5.95 Å². The number of hydrogen-bond donors (Lipinski definition) is 0. The Balaban J connectivity index is 1.35. The van der Waals surface area contributed by atoms with Crippen molar-refractivity contribution in [2.75, 3.05) is 0 Å². The molecule has 0 saturated carbocycles. The number of Topliss-reactive ketones (excluding diaryl/α,β-unsaturated/α-hetero) is 1. The second kappa shape index (κ2) is 10.8. The molecule has 0 radical (unpaired) electrons. The first-order chi connectivity index (χ1) is 16.1. The summed E-state index contributed by atoms with van der Waals surface area (Å²) in [7, 11) is 0. The zero-order valence-corrected chi connectivity index (χ0v) is 18.6. The lowest BCUT2D eigenvalue weighted by Gasteiger charge is -2.12. The van der Waals surface area contributed by atoms with E-state index in [1.165, 1.54) is 12.3 Å². The number of rotatable bonds is 9. The lowest BCUT2D eigenvalue weighted by Crippen LogP contribution is -2.04. The van der Waals surface area contributed by atoms with E-state index in [0.717, 1.165) is 27.8 Å². The van der Waals surface area contributed by atoms with Crippen LogP contribution in [0.1, 0.15) is 23.1 Å². The number of nitrogens with zero attached hydrogens (tertiary/aromatic N) is 2. The summed E-state index contributed by atoms with van der Waals surface area (Å²) >= 11 is 6.17. The van der Waals surface area contributed by atoms with Gasteiger partial charge in [0.1, 0.15) is 18.1 Å². The molecule has 0 bridgehead atoms. The number of pyridine rings is 2. The minimum Gasteiger partial charge on any atom is -0.489 e. The van der Waals surface area contributed by atoms with Gasteiger partial charge in [0.15, 0.2) is 0 Å². The number of carbonyl (C=O) groups is 1. The third-order valence-electron chi connectivity index (χ3n) is 5.24. The number of aryl methyl sites for hydroxylation is 1. The average molecular weight is 461 g/mol. The zero-order chi connectivity index (χ0) is 23.0. The summed E-state index contributed by atoms with van der Waals surface area (Å²) in [5.74, 6) is 0.347. The summed E-state index contributed by atoms with van der Waals surface area (Å²) < 4.78 is 19.2. The predicted octanol–water partition coefficient (Wildman–Crippen LogP) is 6.26. The van der Waals surface area contributed by atoms with Crippen LogP contribution in [0.2, 0.25) is 5.02 Å². The molecule has 0 saturated heterocycles. The van der Waals surface area contributed by atoms with Crippen LogP contribution in [0.4, 0.5) is 4.39 Å². The molecule has 2 aromatic heterocycles. The second-order valence-electron chi connectivity index (χ2n) is 7.68. The summed E-state index contributed by atoms with van der Waals surface area (Å²) in [6.07, 6.45) is 6.56. The fourth-order valence-corrected chi connectivity index (χ4v) is 3.66.